The van der Waals surface area contributed by atoms with Gasteiger partial charge in [-0.2, -0.15) is 0 Å². The minimum Gasteiger partial charge on any atom is -0.481 e. The number of carbonyl (C=O) groups is 3. The molecule has 0 spiro atoms. The van der Waals surface area contributed by atoms with Gasteiger partial charge in [0.1, 0.15) is 5.60 Å². The summed E-state index contributed by atoms with van der Waals surface area (Å²) in [5.41, 5.74) is 0.00420. The van der Waals surface area contributed by atoms with Crippen LogP contribution in [0, 0.1) is 5.92 Å². The Morgan fingerprint density at radius 2 is 2.08 bits per heavy atom. The fourth-order valence-electron chi connectivity index (χ4n) is 3.55. The highest BCUT2D eigenvalue weighted by atomic mass is 16.6. The smallest absolute Gasteiger partial charge is 0.407 e. The monoisotopic (exact) mass is 367 g/mol. The van der Waals surface area contributed by atoms with E-state index in [0.717, 1.165) is 12.8 Å². The van der Waals surface area contributed by atoms with Crippen LogP contribution < -0.4 is 10.6 Å². The molecule has 1 aliphatic heterocycles. The number of rotatable bonds is 4. The molecule has 26 heavy (non-hydrogen) atoms. The highest BCUT2D eigenvalue weighted by Crippen LogP contribution is 2.31. The van der Waals surface area contributed by atoms with Crippen LogP contribution in [-0.4, -0.2) is 52.3 Å². The Kier molecular flexibility index (Phi) is 6.15. The molecule has 0 aromatic rings. The maximum Gasteiger partial charge on any atom is 0.407 e. The second-order valence-electron chi connectivity index (χ2n) is 8.09. The van der Waals surface area contributed by atoms with Gasteiger partial charge in [-0.05, 0) is 52.9 Å². The van der Waals surface area contributed by atoms with E-state index < -0.39 is 17.7 Å². The van der Waals surface area contributed by atoms with Crippen molar-refractivity contribution in [2.45, 2.75) is 71.1 Å². The van der Waals surface area contributed by atoms with Crippen molar-refractivity contribution in [3.05, 3.63) is 11.8 Å². The van der Waals surface area contributed by atoms with Crippen molar-refractivity contribution in [3.63, 3.8) is 0 Å². The number of hydrogen-bond donors (Lipinski definition) is 3. The fourth-order valence-corrected chi connectivity index (χ4v) is 3.55. The third kappa shape index (κ3) is 5.64. The van der Waals surface area contributed by atoms with E-state index in [1.54, 1.807) is 27.7 Å². The number of nitrogens with zero attached hydrogens (tertiary/aromatic N) is 1. The highest BCUT2D eigenvalue weighted by molar-refractivity contribution is 5.93. The first kappa shape index (κ1) is 20.1. The zero-order chi connectivity index (χ0) is 19.5. The Bertz CT molecular complexity index is 596. The van der Waals surface area contributed by atoms with E-state index in [-0.39, 0.29) is 30.3 Å². The predicted octanol–water partition coefficient (Wildman–Crippen LogP) is 1.82. The number of carbonyl (C=O) groups excluding carboxylic acids is 2. The molecule has 0 bridgehead atoms. The Morgan fingerprint density at radius 1 is 1.38 bits per heavy atom. The normalized spacial score (nSPS) is 26.6. The van der Waals surface area contributed by atoms with Crippen LogP contribution in [0.5, 0.6) is 0 Å². The lowest BCUT2D eigenvalue weighted by Gasteiger charge is -2.43. The van der Waals surface area contributed by atoms with Crippen LogP contribution in [0.3, 0.4) is 0 Å². The molecule has 1 aliphatic carbocycles. The molecule has 1 saturated carbocycles. The summed E-state index contributed by atoms with van der Waals surface area (Å²) in [5.74, 6) is -0.920. The van der Waals surface area contributed by atoms with Crippen LogP contribution in [-0.2, 0) is 14.3 Å². The highest BCUT2D eigenvalue weighted by Gasteiger charge is 2.37. The van der Waals surface area contributed by atoms with Crippen molar-refractivity contribution in [2.75, 3.05) is 6.67 Å². The lowest BCUT2D eigenvalue weighted by atomic mass is 9.80. The van der Waals surface area contributed by atoms with Crippen molar-refractivity contribution < 1.29 is 24.2 Å². The maximum atomic E-state index is 12.2. The van der Waals surface area contributed by atoms with E-state index in [9.17, 15) is 14.4 Å². The van der Waals surface area contributed by atoms with Gasteiger partial charge in [-0.3, -0.25) is 9.59 Å². The van der Waals surface area contributed by atoms with Gasteiger partial charge in [0.05, 0.1) is 18.8 Å². The van der Waals surface area contributed by atoms with E-state index in [1.807, 2.05) is 11.1 Å². The van der Waals surface area contributed by atoms with Gasteiger partial charge in [0.15, 0.2) is 0 Å². The molecule has 2 rings (SSSR count). The SMILES string of the molecule is CC1=CN([C@H]2CC[C@H](CC(=O)O)C[C@@H]2NC(=O)OC(C)(C)C)CNC1=O. The zero-order valence-corrected chi connectivity index (χ0v) is 15.9. The Morgan fingerprint density at radius 3 is 2.65 bits per heavy atom. The van der Waals surface area contributed by atoms with Crippen molar-refractivity contribution in [1.82, 2.24) is 15.5 Å². The number of hydrogen-bond acceptors (Lipinski definition) is 5. The lowest BCUT2D eigenvalue weighted by Crippen LogP contribution is -2.57. The molecule has 146 valence electrons. The summed E-state index contributed by atoms with van der Waals surface area (Å²) in [4.78, 5) is 37.0. The number of ether oxygens (including phenoxy) is 1. The largest absolute Gasteiger partial charge is 0.481 e. The third-order valence-electron chi connectivity index (χ3n) is 4.65. The molecule has 8 nitrogen and oxygen atoms in total. The fraction of sp³-hybridized carbons (Fsp3) is 0.722. The molecule has 0 radical (unpaired) electrons. The summed E-state index contributed by atoms with van der Waals surface area (Å²) in [5, 5.41) is 14.8. The van der Waals surface area contributed by atoms with Crippen molar-refractivity contribution in [3.8, 4) is 0 Å². The van der Waals surface area contributed by atoms with Gasteiger partial charge in [-0.15, -0.1) is 0 Å². The van der Waals surface area contributed by atoms with Gasteiger partial charge in [-0.1, -0.05) is 0 Å². The number of nitrogens with one attached hydrogen (secondary N) is 2. The molecule has 1 fully saturated rings. The summed E-state index contributed by atoms with van der Waals surface area (Å²) in [6.45, 7) is 7.50. The number of carboxylic acids is 1. The average Bonchev–Trinajstić information content (AvgIpc) is 2.48. The first-order valence-electron chi connectivity index (χ1n) is 8.99. The van der Waals surface area contributed by atoms with Crippen LogP contribution in [0.2, 0.25) is 0 Å². The van der Waals surface area contributed by atoms with Crippen LogP contribution in [0.15, 0.2) is 11.8 Å². The number of carboxylic acid groups (broad SMARTS) is 1. The first-order valence-corrected chi connectivity index (χ1v) is 8.99. The average molecular weight is 367 g/mol. The van der Waals surface area contributed by atoms with Gasteiger partial charge in [0.25, 0.3) is 0 Å². The molecular weight excluding hydrogens is 338 g/mol. The van der Waals surface area contributed by atoms with Gasteiger partial charge in [-0.25, -0.2) is 4.79 Å². The summed E-state index contributed by atoms with van der Waals surface area (Å²) in [6, 6.07) is -0.273. The molecule has 0 saturated heterocycles. The lowest BCUT2D eigenvalue weighted by molar-refractivity contribution is -0.138. The third-order valence-corrected chi connectivity index (χ3v) is 4.65. The van der Waals surface area contributed by atoms with E-state index in [0.29, 0.717) is 18.7 Å². The molecule has 3 N–H and O–H groups in total. The minimum absolute atomic E-state index is 0.00754. The van der Waals surface area contributed by atoms with Crippen molar-refractivity contribution >= 4 is 18.0 Å². The summed E-state index contributed by atoms with van der Waals surface area (Å²) in [6.07, 6.45) is 3.45. The molecule has 8 heteroatoms. The zero-order valence-electron chi connectivity index (χ0n) is 15.9. The minimum atomic E-state index is -0.828. The second kappa shape index (κ2) is 7.97. The van der Waals surface area contributed by atoms with Gasteiger partial charge in [0, 0.05) is 18.2 Å². The van der Waals surface area contributed by atoms with E-state index >= 15 is 0 Å². The molecule has 0 unspecified atom stereocenters. The van der Waals surface area contributed by atoms with E-state index in [1.165, 1.54) is 0 Å². The Labute approximate surface area is 153 Å². The standard InChI is InChI=1S/C18H29N3O5/c1-11-9-21(10-19-16(11)24)14-6-5-12(8-15(22)23)7-13(14)20-17(25)26-18(2,3)4/h9,12-14H,5-8,10H2,1-4H3,(H,19,24)(H,20,25)(H,22,23)/t12-,13-,14-/m0/s1. The number of alkyl carbamates (subject to hydrolysis) is 1. The maximum absolute atomic E-state index is 12.2. The van der Waals surface area contributed by atoms with Crippen molar-refractivity contribution in [2.24, 2.45) is 5.92 Å². The molecule has 2 aliphatic rings. The van der Waals surface area contributed by atoms with Crippen LogP contribution in [0.1, 0.15) is 53.4 Å². The molecule has 0 aromatic heterocycles. The first-order chi connectivity index (χ1) is 12.0. The number of amides is 2. The number of aliphatic carboxylic acids is 1. The molecule has 3 atom stereocenters. The Balaban J connectivity index is 2.12. The van der Waals surface area contributed by atoms with Crippen molar-refractivity contribution in [1.29, 1.82) is 0 Å². The van der Waals surface area contributed by atoms with Crippen LogP contribution >= 0.6 is 0 Å². The van der Waals surface area contributed by atoms with E-state index in [2.05, 4.69) is 10.6 Å². The van der Waals surface area contributed by atoms with Crippen LogP contribution in [0.4, 0.5) is 4.79 Å². The quantitative estimate of drug-likeness (QED) is 0.699. The molecule has 2 amide bonds. The van der Waals surface area contributed by atoms with Crippen LogP contribution in [0.25, 0.3) is 0 Å². The molecular formula is C18H29N3O5. The topological polar surface area (TPSA) is 108 Å². The molecule has 0 aromatic carbocycles. The van der Waals surface area contributed by atoms with Gasteiger partial charge < -0.3 is 25.4 Å². The predicted molar refractivity (Wildman–Crippen MR) is 95.1 cm³/mol. The summed E-state index contributed by atoms with van der Waals surface area (Å²) in [7, 11) is 0. The Hall–Kier alpha value is -2.25. The van der Waals surface area contributed by atoms with E-state index in [4.69, 9.17) is 9.84 Å². The summed E-state index contributed by atoms with van der Waals surface area (Å²) < 4.78 is 5.36. The van der Waals surface area contributed by atoms with Gasteiger partial charge >= 0.3 is 12.1 Å². The molecule has 1 heterocycles. The summed E-state index contributed by atoms with van der Waals surface area (Å²) >= 11 is 0. The van der Waals surface area contributed by atoms with Gasteiger partial charge in [0.2, 0.25) is 5.91 Å². The second-order valence-corrected chi connectivity index (χ2v) is 8.09.